The normalized spacial score (nSPS) is 24.1. The highest BCUT2D eigenvalue weighted by Crippen LogP contribution is 2.28. The molecule has 1 aromatic heterocycles. The van der Waals surface area contributed by atoms with E-state index in [1.165, 1.54) is 25.8 Å². The van der Waals surface area contributed by atoms with Crippen LogP contribution in [0.1, 0.15) is 30.5 Å². The molecule has 0 radical (unpaired) electrons. The topological polar surface area (TPSA) is 48.1 Å². The van der Waals surface area contributed by atoms with Crippen LogP contribution < -0.4 is 4.90 Å². The van der Waals surface area contributed by atoms with Crippen molar-refractivity contribution in [1.29, 1.82) is 5.26 Å². The van der Waals surface area contributed by atoms with Gasteiger partial charge in [-0.25, -0.2) is 0 Å². The van der Waals surface area contributed by atoms with Crippen molar-refractivity contribution in [1.82, 2.24) is 14.7 Å². The summed E-state index contributed by atoms with van der Waals surface area (Å²) in [7, 11) is 1.94. The van der Waals surface area contributed by atoms with Crippen molar-refractivity contribution < 1.29 is 0 Å². The SMILES string of the molecule is Cc1nn(C)c(N2CCN3CCCCC3C2)c1C#N. The van der Waals surface area contributed by atoms with E-state index in [4.69, 9.17) is 0 Å². The minimum absolute atomic E-state index is 0.657. The van der Waals surface area contributed by atoms with Crippen LogP contribution in [0.5, 0.6) is 0 Å². The highest BCUT2D eigenvalue weighted by atomic mass is 15.4. The number of nitrogens with zero attached hydrogens (tertiary/aromatic N) is 5. The number of anilines is 1. The molecular weight excluding hydrogens is 238 g/mol. The zero-order valence-corrected chi connectivity index (χ0v) is 11.8. The molecule has 5 nitrogen and oxygen atoms in total. The summed E-state index contributed by atoms with van der Waals surface area (Å²) in [5.41, 5.74) is 1.58. The van der Waals surface area contributed by atoms with Crippen molar-refractivity contribution in [2.45, 2.75) is 32.2 Å². The maximum absolute atomic E-state index is 9.34. The van der Waals surface area contributed by atoms with Gasteiger partial charge in [-0.1, -0.05) is 6.42 Å². The van der Waals surface area contributed by atoms with E-state index in [1.807, 2.05) is 18.7 Å². The van der Waals surface area contributed by atoms with Gasteiger partial charge in [0.25, 0.3) is 0 Å². The first kappa shape index (κ1) is 12.5. The number of aryl methyl sites for hydroxylation is 2. The highest BCUT2D eigenvalue weighted by molar-refractivity contribution is 5.57. The van der Waals surface area contributed by atoms with Crippen LogP contribution in [0.3, 0.4) is 0 Å². The molecule has 3 rings (SSSR count). The van der Waals surface area contributed by atoms with E-state index in [0.717, 1.165) is 36.7 Å². The van der Waals surface area contributed by atoms with Crippen molar-refractivity contribution in [3.05, 3.63) is 11.3 Å². The van der Waals surface area contributed by atoms with E-state index in [1.54, 1.807) is 0 Å². The summed E-state index contributed by atoms with van der Waals surface area (Å²) in [5, 5.41) is 13.7. The van der Waals surface area contributed by atoms with Gasteiger partial charge in [-0.3, -0.25) is 9.58 Å². The fraction of sp³-hybridized carbons (Fsp3) is 0.714. The second-order valence-electron chi connectivity index (χ2n) is 5.65. The van der Waals surface area contributed by atoms with Crippen LogP contribution in [-0.2, 0) is 7.05 Å². The van der Waals surface area contributed by atoms with Crippen molar-refractivity contribution >= 4 is 5.82 Å². The van der Waals surface area contributed by atoms with Gasteiger partial charge in [-0.05, 0) is 26.3 Å². The van der Waals surface area contributed by atoms with E-state index < -0.39 is 0 Å². The zero-order chi connectivity index (χ0) is 13.4. The Morgan fingerprint density at radius 1 is 1.26 bits per heavy atom. The molecule has 0 bridgehead atoms. The summed E-state index contributed by atoms with van der Waals surface area (Å²) in [4.78, 5) is 4.96. The molecular formula is C14H21N5. The van der Waals surface area contributed by atoms with Gasteiger partial charge in [0.2, 0.25) is 0 Å². The van der Waals surface area contributed by atoms with Crippen LogP contribution in [-0.4, -0.2) is 46.9 Å². The van der Waals surface area contributed by atoms with E-state index >= 15 is 0 Å². The second-order valence-corrected chi connectivity index (χ2v) is 5.65. The maximum atomic E-state index is 9.34. The minimum Gasteiger partial charge on any atom is -0.353 e. The molecule has 102 valence electrons. The monoisotopic (exact) mass is 259 g/mol. The quantitative estimate of drug-likeness (QED) is 0.762. The molecule has 2 fully saturated rings. The van der Waals surface area contributed by atoms with Gasteiger partial charge in [-0.2, -0.15) is 10.4 Å². The number of fused-ring (bicyclic) bond motifs is 1. The first-order chi connectivity index (χ1) is 9.20. The highest BCUT2D eigenvalue weighted by Gasteiger charge is 2.31. The third-order valence-corrected chi connectivity index (χ3v) is 4.44. The third-order valence-electron chi connectivity index (χ3n) is 4.44. The van der Waals surface area contributed by atoms with E-state index in [0.29, 0.717) is 6.04 Å². The first-order valence-electron chi connectivity index (χ1n) is 7.13. The summed E-state index contributed by atoms with van der Waals surface area (Å²) in [6.45, 7) is 6.31. The maximum Gasteiger partial charge on any atom is 0.145 e. The Hall–Kier alpha value is -1.54. The lowest BCUT2D eigenvalue weighted by molar-refractivity contribution is 0.133. The number of aromatic nitrogens is 2. The second kappa shape index (κ2) is 4.86. The van der Waals surface area contributed by atoms with Gasteiger partial charge in [0, 0.05) is 32.7 Å². The van der Waals surface area contributed by atoms with E-state index in [9.17, 15) is 5.26 Å². The molecule has 0 aromatic carbocycles. The van der Waals surface area contributed by atoms with E-state index in [-0.39, 0.29) is 0 Å². The van der Waals surface area contributed by atoms with Crippen LogP contribution in [0.2, 0.25) is 0 Å². The van der Waals surface area contributed by atoms with Crippen LogP contribution in [0.15, 0.2) is 0 Å². The lowest BCUT2D eigenvalue weighted by Crippen LogP contribution is -2.55. The van der Waals surface area contributed by atoms with Crippen LogP contribution >= 0.6 is 0 Å². The number of hydrogen-bond donors (Lipinski definition) is 0. The molecule has 19 heavy (non-hydrogen) atoms. The fourth-order valence-corrected chi connectivity index (χ4v) is 3.49. The minimum atomic E-state index is 0.657. The van der Waals surface area contributed by atoms with Crippen molar-refractivity contribution in [3.63, 3.8) is 0 Å². The number of rotatable bonds is 1. The predicted molar refractivity (Wildman–Crippen MR) is 74.1 cm³/mol. The molecule has 1 unspecified atom stereocenters. The summed E-state index contributed by atoms with van der Waals surface area (Å²) < 4.78 is 1.87. The number of hydrogen-bond acceptors (Lipinski definition) is 4. The third kappa shape index (κ3) is 2.10. The number of piperidine rings is 1. The smallest absolute Gasteiger partial charge is 0.145 e. The van der Waals surface area contributed by atoms with Crippen LogP contribution in [0.25, 0.3) is 0 Å². The predicted octanol–water partition coefficient (Wildman–Crippen LogP) is 1.27. The summed E-state index contributed by atoms with van der Waals surface area (Å²) >= 11 is 0. The molecule has 0 aliphatic carbocycles. The summed E-state index contributed by atoms with van der Waals surface area (Å²) in [6, 6.07) is 2.97. The molecule has 0 saturated carbocycles. The number of piperazine rings is 1. The molecule has 2 aliphatic heterocycles. The molecule has 2 aliphatic rings. The van der Waals surface area contributed by atoms with Gasteiger partial charge < -0.3 is 4.90 Å². The number of nitriles is 1. The lowest BCUT2D eigenvalue weighted by Gasteiger charge is -2.44. The van der Waals surface area contributed by atoms with Gasteiger partial charge in [0.05, 0.1) is 5.69 Å². The Morgan fingerprint density at radius 3 is 2.89 bits per heavy atom. The fourth-order valence-electron chi connectivity index (χ4n) is 3.49. The van der Waals surface area contributed by atoms with Gasteiger partial charge in [0.15, 0.2) is 0 Å². The molecule has 3 heterocycles. The molecule has 1 atom stereocenters. The standard InChI is InChI=1S/C14H21N5/c1-11-13(9-15)14(17(2)16-11)19-8-7-18-6-4-3-5-12(18)10-19/h12H,3-8,10H2,1-2H3. The van der Waals surface area contributed by atoms with Crippen molar-refractivity contribution in [3.8, 4) is 6.07 Å². The van der Waals surface area contributed by atoms with Gasteiger partial charge in [0.1, 0.15) is 17.5 Å². The summed E-state index contributed by atoms with van der Waals surface area (Å²) in [6.07, 6.45) is 3.96. The lowest BCUT2D eigenvalue weighted by atomic mass is 9.99. The average molecular weight is 259 g/mol. The Labute approximate surface area is 114 Å². The summed E-state index contributed by atoms with van der Waals surface area (Å²) in [5.74, 6) is 1.00. The molecule has 1 aromatic rings. The molecule has 0 amide bonds. The molecule has 5 heteroatoms. The van der Waals surface area contributed by atoms with Crippen LogP contribution in [0.4, 0.5) is 5.82 Å². The van der Waals surface area contributed by atoms with Gasteiger partial charge >= 0.3 is 0 Å². The first-order valence-corrected chi connectivity index (χ1v) is 7.13. The Morgan fingerprint density at radius 2 is 2.11 bits per heavy atom. The largest absolute Gasteiger partial charge is 0.353 e. The van der Waals surface area contributed by atoms with E-state index in [2.05, 4.69) is 21.0 Å². The Kier molecular flexibility index (Phi) is 3.19. The van der Waals surface area contributed by atoms with Crippen LogP contribution in [0, 0.1) is 18.3 Å². The molecule has 2 saturated heterocycles. The Bertz CT molecular complexity index is 513. The van der Waals surface area contributed by atoms with Gasteiger partial charge in [-0.15, -0.1) is 0 Å². The van der Waals surface area contributed by atoms with Crippen molar-refractivity contribution in [2.24, 2.45) is 7.05 Å². The average Bonchev–Trinajstić information content (AvgIpc) is 2.72. The molecule has 0 N–H and O–H groups in total. The zero-order valence-electron chi connectivity index (χ0n) is 11.8. The Balaban J connectivity index is 1.86. The molecule has 0 spiro atoms. The van der Waals surface area contributed by atoms with Crippen molar-refractivity contribution in [2.75, 3.05) is 31.1 Å².